The van der Waals surface area contributed by atoms with E-state index in [2.05, 4.69) is 11.4 Å². The third kappa shape index (κ3) is 3.52. The molecular formula is C16H26N2O2. The maximum atomic E-state index is 12.5. The molecule has 2 atom stereocenters. The second-order valence-electron chi connectivity index (χ2n) is 6.16. The molecule has 2 aliphatic rings. The van der Waals surface area contributed by atoms with Crippen LogP contribution in [0.25, 0.3) is 0 Å². The van der Waals surface area contributed by atoms with E-state index in [1.165, 1.54) is 19.3 Å². The first-order chi connectivity index (χ1) is 9.71. The quantitative estimate of drug-likeness (QED) is 0.863. The standard InChI is InChI=1S/C16H26N2O2/c1-2-14-13(8-11-20-14)15(19)18-16(12-17)9-6-4-3-5-7-10-16/h13-14H,2-11H2,1H3,(H,18,19). The Morgan fingerprint density at radius 1 is 1.30 bits per heavy atom. The minimum absolute atomic E-state index is 0.0245. The van der Waals surface area contributed by atoms with Crippen LogP contribution >= 0.6 is 0 Å². The molecule has 0 radical (unpaired) electrons. The highest BCUT2D eigenvalue weighted by Crippen LogP contribution is 2.29. The van der Waals surface area contributed by atoms with E-state index in [0.29, 0.717) is 6.61 Å². The molecule has 0 spiro atoms. The van der Waals surface area contributed by atoms with Crippen LogP contribution in [0.4, 0.5) is 0 Å². The number of nitriles is 1. The molecule has 1 aliphatic carbocycles. The SMILES string of the molecule is CCC1OCCC1C(=O)NC1(C#N)CCCCCCC1. The van der Waals surface area contributed by atoms with Crippen LogP contribution in [0, 0.1) is 17.2 Å². The highest BCUT2D eigenvalue weighted by atomic mass is 16.5. The van der Waals surface area contributed by atoms with E-state index in [4.69, 9.17) is 4.74 Å². The number of ether oxygens (including phenoxy) is 1. The lowest BCUT2D eigenvalue weighted by molar-refractivity contribution is -0.128. The zero-order chi connectivity index (χ0) is 14.4. The Balaban J connectivity index is 2.01. The van der Waals surface area contributed by atoms with E-state index < -0.39 is 5.54 Å². The van der Waals surface area contributed by atoms with Gasteiger partial charge < -0.3 is 10.1 Å². The molecular weight excluding hydrogens is 252 g/mol. The second kappa shape index (κ2) is 7.08. The van der Waals surface area contributed by atoms with Gasteiger partial charge in [0.1, 0.15) is 5.54 Å². The van der Waals surface area contributed by atoms with Crippen molar-refractivity contribution in [2.75, 3.05) is 6.61 Å². The van der Waals surface area contributed by atoms with E-state index in [1.807, 2.05) is 6.92 Å². The molecule has 4 heteroatoms. The van der Waals surface area contributed by atoms with E-state index in [-0.39, 0.29) is 17.9 Å². The molecule has 0 bridgehead atoms. The van der Waals surface area contributed by atoms with Crippen molar-refractivity contribution in [1.82, 2.24) is 5.32 Å². The van der Waals surface area contributed by atoms with Crippen LogP contribution in [0.3, 0.4) is 0 Å². The molecule has 0 aromatic heterocycles. The summed E-state index contributed by atoms with van der Waals surface area (Å²) in [5.74, 6) is -0.0489. The molecule has 112 valence electrons. The molecule has 1 N–H and O–H groups in total. The van der Waals surface area contributed by atoms with E-state index >= 15 is 0 Å². The van der Waals surface area contributed by atoms with Gasteiger partial charge in [0.15, 0.2) is 0 Å². The molecule has 2 rings (SSSR count). The van der Waals surface area contributed by atoms with Gasteiger partial charge in [-0.25, -0.2) is 0 Å². The molecule has 1 heterocycles. The van der Waals surface area contributed by atoms with Gasteiger partial charge in [0.05, 0.1) is 18.1 Å². The lowest BCUT2D eigenvalue weighted by Gasteiger charge is -2.31. The van der Waals surface area contributed by atoms with Crippen LogP contribution in [-0.4, -0.2) is 24.2 Å². The summed E-state index contributed by atoms with van der Waals surface area (Å²) in [6, 6.07) is 2.40. The normalized spacial score (nSPS) is 30.0. The predicted octanol–water partition coefficient (Wildman–Crippen LogP) is 2.92. The molecule has 0 aromatic rings. The number of carbonyl (C=O) groups is 1. The number of nitrogens with one attached hydrogen (secondary N) is 1. The lowest BCUT2D eigenvalue weighted by Crippen LogP contribution is -2.51. The minimum atomic E-state index is -0.640. The van der Waals surface area contributed by atoms with E-state index in [9.17, 15) is 10.1 Å². The van der Waals surface area contributed by atoms with Crippen LogP contribution in [0.15, 0.2) is 0 Å². The topological polar surface area (TPSA) is 62.1 Å². The fourth-order valence-electron chi connectivity index (χ4n) is 3.45. The van der Waals surface area contributed by atoms with E-state index in [0.717, 1.165) is 38.5 Å². The largest absolute Gasteiger partial charge is 0.377 e. The summed E-state index contributed by atoms with van der Waals surface area (Å²) in [5, 5.41) is 12.7. The summed E-state index contributed by atoms with van der Waals surface area (Å²) >= 11 is 0. The third-order valence-corrected chi connectivity index (χ3v) is 4.73. The van der Waals surface area contributed by atoms with E-state index in [1.54, 1.807) is 0 Å². The van der Waals surface area contributed by atoms with Crippen LogP contribution in [-0.2, 0) is 9.53 Å². The summed E-state index contributed by atoms with van der Waals surface area (Å²) < 4.78 is 5.59. The molecule has 0 aromatic carbocycles. The number of hydrogen-bond acceptors (Lipinski definition) is 3. The van der Waals surface area contributed by atoms with Crippen molar-refractivity contribution in [1.29, 1.82) is 5.26 Å². The Hall–Kier alpha value is -1.08. The van der Waals surface area contributed by atoms with Gasteiger partial charge in [0.2, 0.25) is 5.91 Å². The van der Waals surface area contributed by atoms with Gasteiger partial charge in [-0.2, -0.15) is 5.26 Å². The van der Waals surface area contributed by atoms with Crippen molar-refractivity contribution in [3.05, 3.63) is 0 Å². The summed E-state index contributed by atoms with van der Waals surface area (Å²) in [4.78, 5) is 12.5. The number of carbonyl (C=O) groups excluding carboxylic acids is 1. The number of hydrogen-bond donors (Lipinski definition) is 1. The van der Waals surface area contributed by atoms with Gasteiger partial charge in [-0.1, -0.05) is 39.0 Å². The first-order valence-corrected chi connectivity index (χ1v) is 8.05. The average molecular weight is 278 g/mol. The summed E-state index contributed by atoms with van der Waals surface area (Å²) in [6.45, 7) is 2.71. The molecule has 20 heavy (non-hydrogen) atoms. The third-order valence-electron chi connectivity index (χ3n) is 4.73. The number of nitrogens with zero attached hydrogens (tertiary/aromatic N) is 1. The summed E-state index contributed by atoms with van der Waals surface area (Å²) in [5.41, 5.74) is -0.640. The molecule has 2 fully saturated rings. The van der Waals surface area contributed by atoms with Crippen LogP contribution in [0.5, 0.6) is 0 Å². The summed E-state index contributed by atoms with van der Waals surface area (Å²) in [6.07, 6.45) is 8.91. The first-order valence-electron chi connectivity index (χ1n) is 8.05. The lowest BCUT2D eigenvalue weighted by atomic mass is 9.84. The van der Waals surface area contributed by atoms with Crippen molar-refractivity contribution >= 4 is 5.91 Å². The van der Waals surface area contributed by atoms with Crippen LogP contribution < -0.4 is 5.32 Å². The molecule has 1 saturated carbocycles. The molecule has 2 unspecified atom stereocenters. The smallest absolute Gasteiger partial charge is 0.227 e. The molecule has 1 saturated heterocycles. The zero-order valence-electron chi connectivity index (χ0n) is 12.5. The Kier molecular flexibility index (Phi) is 5.42. The van der Waals surface area contributed by atoms with Gasteiger partial charge in [0, 0.05) is 6.61 Å². The first kappa shape index (κ1) is 15.3. The van der Waals surface area contributed by atoms with Crippen LogP contribution in [0.1, 0.15) is 64.7 Å². The summed E-state index contributed by atoms with van der Waals surface area (Å²) in [7, 11) is 0. The van der Waals surface area contributed by atoms with Gasteiger partial charge >= 0.3 is 0 Å². The second-order valence-corrected chi connectivity index (χ2v) is 6.16. The number of rotatable bonds is 3. The fraction of sp³-hybridized carbons (Fsp3) is 0.875. The van der Waals surface area contributed by atoms with Crippen LogP contribution in [0.2, 0.25) is 0 Å². The minimum Gasteiger partial charge on any atom is -0.377 e. The van der Waals surface area contributed by atoms with Crippen molar-refractivity contribution in [2.45, 2.75) is 76.4 Å². The molecule has 1 aliphatic heterocycles. The zero-order valence-corrected chi connectivity index (χ0v) is 12.5. The Labute approximate surface area is 121 Å². The van der Waals surface area contributed by atoms with Gasteiger partial charge in [-0.05, 0) is 25.7 Å². The Morgan fingerprint density at radius 3 is 2.55 bits per heavy atom. The average Bonchev–Trinajstić information content (AvgIpc) is 2.90. The number of amides is 1. The highest BCUT2D eigenvalue weighted by Gasteiger charge is 2.38. The monoisotopic (exact) mass is 278 g/mol. The van der Waals surface area contributed by atoms with Crippen molar-refractivity contribution in [3.8, 4) is 6.07 Å². The van der Waals surface area contributed by atoms with Crippen molar-refractivity contribution in [2.24, 2.45) is 5.92 Å². The highest BCUT2D eigenvalue weighted by molar-refractivity contribution is 5.80. The van der Waals surface area contributed by atoms with Gasteiger partial charge in [0.25, 0.3) is 0 Å². The molecule has 4 nitrogen and oxygen atoms in total. The molecule has 1 amide bonds. The van der Waals surface area contributed by atoms with Crippen molar-refractivity contribution in [3.63, 3.8) is 0 Å². The van der Waals surface area contributed by atoms with Gasteiger partial charge in [-0.3, -0.25) is 4.79 Å². The van der Waals surface area contributed by atoms with Gasteiger partial charge in [-0.15, -0.1) is 0 Å². The maximum Gasteiger partial charge on any atom is 0.227 e. The maximum absolute atomic E-state index is 12.5. The Morgan fingerprint density at radius 2 is 1.95 bits per heavy atom. The predicted molar refractivity (Wildman–Crippen MR) is 76.9 cm³/mol. The van der Waals surface area contributed by atoms with Crippen molar-refractivity contribution < 1.29 is 9.53 Å². The Bertz CT molecular complexity index is 367. The fourth-order valence-corrected chi connectivity index (χ4v) is 3.45.